The first-order valence-corrected chi connectivity index (χ1v) is 7.53. The maximum atomic E-state index is 12.0. The summed E-state index contributed by atoms with van der Waals surface area (Å²) in [5, 5.41) is 17.0. The fraction of sp³-hybridized carbons (Fsp3) is 0.571. The van der Waals surface area contributed by atoms with E-state index in [0.717, 1.165) is 0 Å². The molecule has 2 amide bonds. The summed E-state index contributed by atoms with van der Waals surface area (Å²) in [6.45, 7) is 5.49. The van der Waals surface area contributed by atoms with Gasteiger partial charge in [-0.2, -0.15) is 0 Å². The number of carbonyl (C=O) groups is 2. The molecule has 1 heterocycles. The zero-order valence-corrected chi connectivity index (χ0v) is 12.7. The molecule has 1 aromatic heterocycles. The SMILES string of the molecule is CC(NC(=O)c1cccs1)C(=O)NC1CC(O)C1(C)C. The van der Waals surface area contributed by atoms with Gasteiger partial charge < -0.3 is 15.7 Å². The lowest BCUT2D eigenvalue weighted by atomic mass is 9.64. The predicted octanol–water partition coefficient (Wildman–Crippen LogP) is 1.14. The first-order valence-electron chi connectivity index (χ1n) is 6.65. The van der Waals surface area contributed by atoms with Crippen molar-refractivity contribution in [1.82, 2.24) is 10.6 Å². The lowest BCUT2D eigenvalue weighted by Gasteiger charge is -2.49. The van der Waals surface area contributed by atoms with Crippen molar-refractivity contribution in [3.63, 3.8) is 0 Å². The van der Waals surface area contributed by atoms with Crippen LogP contribution in [0.4, 0.5) is 0 Å². The molecule has 0 radical (unpaired) electrons. The third-order valence-electron chi connectivity index (χ3n) is 4.02. The number of carbonyl (C=O) groups excluding carboxylic acids is 2. The molecule has 0 bridgehead atoms. The Balaban J connectivity index is 1.85. The molecule has 3 atom stereocenters. The van der Waals surface area contributed by atoms with Crippen LogP contribution in [0.15, 0.2) is 17.5 Å². The molecule has 1 aliphatic carbocycles. The van der Waals surface area contributed by atoms with Crippen molar-refractivity contribution in [1.29, 1.82) is 0 Å². The molecule has 0 spiro atoms. The Labute approximate surface area is 122 Å². The molecule has 1 aromatic rings. The molecule has 1 aliphatic rings. The molecule has 1 fully saturated rings. The number of thiophene rings is 1. The van der Waals surface area contributed by atoms with Crippen molar-refractivity contribution in [3.05, 3.63) is 22.4 Å². The Morgan fingerprint density at radius 2 is 2.20 bits per heavy atom. The first kappa shape index (κ1) is 15.0. The van der Waals surface area contributed by atoms with E-state index in [4.69, 9.17) is 0 Å². The summed E-state index contributed by atoms with van der Waals surface area (Å²) in [4.78, 5) is 24.5. The number of hydrogen-bond donors (Lipinski definition) is 3. The van der Waals surface area contributed by atoms with E-state index in [-0.39, 0.29) is 29.4 Å². The van der Waals surface area contributed by atoms with Crippen molar-refractivity contribution in [2.75, 3.05) is 0 Å². The van der Waals surface area contributed by atoms with Gasteiger partial charge in [0, 0.05) is 11.5 Å². The molecule has 2 rings (SSSR count). The average molecular weight is 296 g/mol. The second kappa shape index (κ2) is 5.54. The Kier molecular flexibility index (Phi) is 4.15. The Bertz CT molecular complexity index is 499. The number of nitrogens with one attached hydrogen (secondary N) is 2. The average Bonchev–Trinajstić information content (AvgIpc) is 2.92. The monoisotopic (exact) mass is 296 g/mol. The number of hydrogen-bond acceptors (Lipinski definition) is 4. The van der Waals surface area contributed by atoms with E-state index in [9.17, 15) is 14.7 Å². The van der Waals surface area contributed by atoms with Crippen LogP contribution in [0.25, 0.3) is 0 Å². The molecular formula is C14H20N2O3S. The molecule has 0 aliphatic heterocycles. The summed E-state index contributed by atoms with van der Waals surface area (Å²) in [5.74, 6) is -0.463. The van der Waals surface area contributed by atoms with Gasteiger partial charge in [-0.3, -0.25) is 9.59 Å². The zero-order valence-electron chi connectivity index (χ0n) is 11.8. The second-order valence-electron chi connectivity index (χ2n) is 5.81. The van der Waals surface area contributed by atoms with Crippen LogP contribution >= 0.6 is 11.3 Å². The van der Waals surface area contributed by atoms with Crippen LogP contribution < -0.4 is 10.6 Å². The summed E-state index contributed by atoms with van der Waals surface area (Å²) in [6.07, 6.45) is 0.174. The van der Waals surface area contributed by atoms with Crippen LogP contribution in [0.1, 0.15) is 36.9 Å². The number of aliphatic hydroxyl groups is 1. The van der Waals surface area contributed by atoms with Crippen molar-refractivity contribution in [3.8, 4) is 0 Å². The van der Waals surface area contributed by atoms with E-state index in [1.807, 2.05) is 19.2 Å². The Morgan fingerprint density at radius 1 is 1.50 bits per heavy atom. The first-order chi connectivity index (χ1) is 9.32. The van der Waals surface area contributed by atoms with E-state index in [0.29, 0.717) is 11.3 Å². The fourth-order valence-electron chi connectivity index (χ4n) is 2.19. The maximum absolute atomic E-state index is 12.0. The van der Waals surface area contributed by atoms with Gasteiger partial charge in [-0.15, -0.1) is 11.3 Å². The predicted molar refractivity (Wildman–Crippen MR) is 77.6 cm³/mol. The van der Waals surface area contributed by atoms with Crippen LogP contribution in [-0.4, -0.2) is 35.1 Å². The molecule has 1 saturated carbocycles. The van der Waals surface area contributed by atoms with Gasteiger partial charge in [0.05, 0.1) is 11.0 Å². The van der Waals surface area contributed by atoms with Gasteiger partial charge in [0.25, 0.3) is 5.91 Å². The minimum atomic E-state index is -0.599. The second-order valence-corrected chi connectivity index (χ2v) is 6.75. The van der Waals surface area contributed by atoms with Gasteiger partial charge >= 0.3 is 0 Å². The number of amides is 2. The largest absolute Gasteiger partial charge is 0.392 e. The van der Waals surface area contributed by atoms with Gasteiger partial charge in [0.15, 0.2) is 0 Å². The third-order valence-corrected chi connectivity index (χ3v) is 4.89. The normalized spacial score (nSPS) is 25.4. The lowest BCUT2D eigenvalue weighted by molar-refractivity contribution is -0.130. The highest BCUT2D eigenvalue weighted by atomic mass is 32.1. The standard InChI is InChI=1S/C14H20N2O3S/c1-8(15-13(19)9-5-4-6-20-9)12(18)16-10-7-11(17)14(10,2)3/h4-6,8,10-11,17H,7H2,1-3H3,(H,15,19)(H,16,18). The van der Waals surface area contributed by atoms with Crippen molar-refractivity contribution >= 4 is 23.2 Å². The molecule has 20 heavy (non-hydrogen) atoms. The maximum Gasteiger partial charge on any atom is 0.261 e. The van der Waals surface area contributed by atoms with Crippen molar-refractivity contribution < 1.29 is 14.7 Å². The minimum absolute atomic E-state index is 0.0499. The van der Waals surface area contributed by atoms with E-state index < -0.39 is 6.04 Å². The van der Waals surface area contributed by atoms with Gasteiger partial charge in [-0.1, -0.05) is 19.9 Å². The van der Waals surface area contributed by atoms with Crippen molar-refractivity contribution in [2.45, 2.75) is 45.4 Å². The summed E-state index contributed by atoms with van der Waals surface area (Å²) < 4.78 is 0. The molecule has 0 aromatic carbocycles. The molecular weight excluding hydrogens is 276 g/mol. The van der Waals surface area contributed by atoms with Crippen LogP contribution in [0.2, 0.25) is 0 Å². The smallest absolute Gasteiger partial charge is 0.261 e. The molecule has 5 nitrogen and oxygen atoms in total. The van der Waals surface area contributed by atoms with Crippen LogP contribution in [0, 0.1) is 5.41 Å². The highest BCUT2D eigenvalue weighted by Gasteiger charge is 2.48. The summed E-state index contributed by atoms with van der Waals surface area (Å²) in [6, 6.07) is 2.86. The molecule has 6 heteroatoms. The highest BCUT2D eigenvalue weighted by molar-refractivity contribution is 7.12. The summed E-state index contributed by atoms with van der Waals surface area (Å²) in [5.41, 5.74) is -0.312. The quantitative estimate of drug-likeness (QED) is 0.779. The van der Waals surface area contributed by atoms with E-state index >= 15 is 0 Å². The highest BCUT2D eigenvalue weighted by Crippen LogP contribution is 2.40. The lowest BCUT2D eigenvalue weighted by Crippen LogP contribution is -2.63. The van der Waals surface area contributed by atoms with E-state index in [1.54, 1.807) is 19.1 Å². The topological polar surface area (TPSA) is 78.4 Å². The van der Waals surface area contributed by atoms with E-state index in [1.165, 1.54) is 11.3 Å². The fourth-order valence-corrected chi connectivity index (χ4v) is 2.81. The Morgan fingerprint density at radius 3 is 2.70 bits per heavy atom. The number of rotatable bonds is 4. The summed E-state index contributed by atoms with van der Waals surface area (Å²) >= 11 is 1.34. The minimum Gasteiger partial charge on any atom is -0.392 e. The molecule has 0 saturated heterocycles. The van der Waals surface area contributed by atoms with Crippen LogP contribution in [0.3, 0.4) is 0 Å². The molecule has 3 N–H and O–H groups in total. The van der Waals surface area contributed by atoms with E-state index in [2.05, 4.69) is 10.6 Å². The molecule has 3 unspecified atom stereocenters. The Hall–Kier alpha value is -1.40. The number of aliphatic hydroxyl groups excluding tert-OH is 1. The van der Waals surface area contributed by atoms with Crippen molar-refractivity contribution in [2.24, 2.45) is 5.41 Å². The van der Waals surface area contributed by atoms with Crippen LogP contribution in [0.5, 0.6) is 0 Å². The van der Waals surface area contributed by atoms with Crippen LogP contribution in [-0.2, 0) is 4.79 Å². The van der Waals surface area contributed by atoms with Gasteiger partial charge in [-0.25, -0.2) is 0 Å². The third kappa shape index (κ3) is 2.86. The van der Waals surface area contributed by atoms with Gasteiger partial charge in [0.1, 0.15) is 6.04 Å². The zero-order chi connectivity index (χ0) is 14.9. The van der Waals surface area contributed by atoms with Gasteiger partial charge in [0.2, 0.25) is 5.91 Å². The summed E-state index contributed by atoms with van der Waals surface area (Å²) in [7, 11) is 0. The molecule has 110 valence electrons. The van der Waals surface area contributed by atoms with Gasteiger partial charge in [-0.05, 0) is 24.8 Å².